The van der Waals surface area contributed by atoms with Crippen molar-refractivity contribution in [3.05, 3.63) is 0 Å². The molecule has 1 aliphatic rings. The second-order valence-electron chi connectivity index (χ2n) is 5.65. The van der Waals surface area contributed by atoms with Gasteiger partial charge in [-0.3, -0.25) is 0 Å². The molecule has 0 bridgehead atoms. The molecule has 4 heteroatoms. The maximum absolute atomic E-state index is 5.73. The highest BCUT2D eigenvalue weighted by molar-refractivity contribution is 7.80. The molecule has 3 nitrogen and oxygen atoms in total. The summed E-state index contributed by atoms with van der Waals surface area (Å²) in [5.41, 5.74) is 5.72. The van der Waals surface area contributed by atoms with Crippen LogP contribution in [0.1, 0.15) is 39.5 Å². The molecule has 0 aromatic heterocycles. The number of hydrogen-bond donors (Lipinski definition) is 1. The van der Waals surface area contributed by atoms with Gasteiger partial charge in [-0.05, 0) is 38.8 Å². The lowest BCUT2D eigenvalue weighted by molar-refractivity contribution is 0.0304. The van der Waals surface area contributed by atoms with E-state index in [2.05, 4.69) is 18.7 Å². The van der Waals surface area contributed by atoms with Crippen molar-refractivity contribution in [1.29, 1.82) is 0 Å². The topological polar surface area (TPSA) is 38.5 Å². The van der Waals surface area contributed by atoms with Gasteiger partial charge >= 0.3 is 0 Å². The second kappa shape index (κ2) is 6.66. The smallest absolute Gasteiger partial charge is 0.0784 e. The van der Waals surface area contributed by atoms with Crippen molar-refractivity contribution in [1.82, 2.24) is 4.90 Å². The van der Waals surface area contributed by atoms with E-state index in [1.54, 1.807) is 0 Å². The third-order valence-corrected chi connectivity index (χ3v) is 4.29. The summed E-state index contributed by atoms with van der Waals surface area (Å²) in [7, 11) is 1.81. The van der Waals surface area contributed by atoms with Gasteiger partial charge in [0.2, 0.25) is 0 Å². The van der Waals surface area contributed by atoms with E-state index in [-0.39, 0.29) is 5.41 Å². The summed E-state index contributed by atoms with van der Waals surface area (Å²) < 4.78 is 5.42. The number of hydrogen-bond acceptors (Lipinski definition) is 3. The minimum atomic E-state index is -0.00816. The number of thiocarbonyl (C=S) groups is 1. The monoisotopic (exact) mass is 258 g/mol. The van der Waals surface area contributed by atoms with Crippen molar-refractivity contribution in [3.8, 4) is 0 Å². The van der Waals surface area contributed by atoms with Crippen LogP contribution >= 0.6 is 12.2 Å². The van der Waals surface area contributed by atoms with E-state index in [0.29, 0.717) is 11.1 Å². The maximum atomic E-state index is 5.73. The normalized spacial score (nSPS) is 22.6. The van der Waals surface area contributed by atoms with Crippen molar-refractivity contribution in [2.75, 3.05) is 26.7 Å². The maximum Gasteiger partial charge on any atom is 0.0784 e. The van der Waals surface area contributed by atoms with Crippen molar-refractivity contribution in [2.24, 2.45) is 11.1 Å². The molecule has 2 N–H and O–H groups in total. The Kier molecular flexibility index (Phi) is 5.83. The van der Waals surface area contributed by atoms with Crippen molar-refractivity contribution >= 4 is 17.2 Å². The minimum Gasteiger partial charge on any atom is -0.393 e. The van der Waals surface area contributed by atoms with E-state index in [1.165, 1.54) is 19.4 Å². The Morgan fingerprint density at radius 2 is 2.24 bits per heavy atom. The van der Waals surface area contributed by atoms with Gasteiger partial charge in [0.25, 0.3) is 0 Å². The van der Waals surface area contributed by atoms with E-state index in [4.69, 9.17) is 22.7 Å². The molecule has 0 aliphatic carbocycles. The third-order valence-electron chi connectivity index (χ3n) is 3.74. The lowest BCUT2D eigenvalue weighted by Gasteiger charge is -2.32. The van der Waals surface area contributed by atoms with E-state index in [0.717, 1.165) is 25.9 Å². The summed E-state index contributed by atoms with van der Waals surface area (Å²) in [5.74, 6) is 0. The van der Waals surface area contributed by atoms with E-state index in [9.17, 15) is 0 Å². The molecule has 0 saturated carbocycles. The zero-order valence-corrected chi connectivity index (χ0v) is 12.2. The highest BCUT2D eigenvalue weighted by atomic mass is 32.1. The first-order valence-corrected chi connectivity index (χ1v) is 6.91. The van der Waals surface area contributed by atoms with Crippen LogP contribution in [0, 0.1) is 5.41 Å². The number of methoxy groups -OCH3 is 1. The zero-order chi connectivity index (χ0) is 12.9. The molecule has 0 radical (unpaired) electrons. The predicted molar refractivity (Wildman–Crippen MR) is 76.3 cm³/mol. The Labute approximate surface area is 111 Å². The second-order valence-corrected chi connectivity index (χ2v) is 6.09. The van der Waals surface area contributed by atoms with Crippen LogP contribution in [0.2, 0.25) is 0 Å². The molecule has 0 aromatic rings. The zero-order valence-electron chi connectivity index (χ0n) is 11.4. The van der Waals surface area contributed by atoms with Crippen molar-refractivity contribution in [3.63, 3.8) is 0 Å². The largest absolute Gasteiger partial charge is 0.393 e. The molecule has 17 heavy (non-hydrogen) atoms. The van der Waals surface area contributed by atoms with E-state index < -0.39 is 0 Å². The van der Waals surface area contributed by atoms with Gasteiger partial charge in [0.1, 0.15) is 0 Å². The van der Waals surface area contributed by atoms with Crippen LogP contribution in [0.15, 0.2) is 0 Å². The van der Waals surface area contributed by atoms with Crippen LogP contribution < -0.4 is 5.73 Å². The molecule has 0 aromatic carbocycles. The number of piperidine rings is 1. The van der Waals surface area contributed by atoms with Gasteiger partial charge in [0, 0.05) is 19.1 Å². The third kappa shape index (κ3) is 4.90. The van der Waals surface area contributed by atoms with Crippen molar-refractivity contribution in [2.45, 2.75) is 45.6 Å². The van der Waals surface area contributed by atoms with Crippen LogP contribution in [-0.2, 0) is 4.74 Å². The van der Waals surface area contributed by atoms with Gasteiger partial charge in [-0.1, -0.05) is 26.1 Å². The summed E-state index contributed by atoms with van der Waals surface area (Å²) >= 11 is 5.08. The Hall–Kier alpha value is -0.190. The first-order valence-electron chi connectivity index (χ1n) is 6.51. The fourth-order valence-corrected chi connectivity index (χ4v) is 2.38. The average Bonchev–Trinajstić information content (AvgIpc) is 2.29. The van der Waals surface area contributed by atoms with Crippen LogP contribution in [0.4, 0.5) is 0 Å². The lowest BCUT2D eigenvalue weighted by Crippen LogP contribution is -2.40. The average molecular weight is 258 g/mol. The van der Waals surface area contributed by atoms with Gasteiger partial charge in [0.05, 0.1) is 11.1 Å². The predicted octanol–water partition coefficient (Wildman–Crippen LogP) is 2.19. The molecule has 1 unspecified atom stereocenters. The summed E-state index contributed by atoms with van der Waals surface area (Å²) in [6.45, 7) is 7.66. The molecule has 1 fully saturated rings. The fraction of sp³-hybridized carbons (Fsp3) is 0.923. The molecule has 0 spiro atoms. The van der Waals surface area contributed by atoms with Crippen LogP contribution in [0.3, 0.4) is 0 Å². The van der Waals surface area contributed by atoms with Gasteiger partial charge < -0.3 is 15.4 Å². The van der Waals surface area contributed by atoms with E-state index >= 15 is 0 Å². The Morgan fingerprint density at radius 1 is 1.53 bits per heavy atom. The Balaban J connectivity index is 2.24. The number of nitrogens with two attached hydrogens (primary N) is 1. The van der Waals surface area contributed by atoms with E-state index in [1.807, 2.05) is 7.11 Å². The fourth-order valence-electron chi connectivity index (χ4n) is 2.28. The quantitative estimate of drug-likeness (QED) is 0.741. The van der Waals surface area contributed by atoms with Crippen LogP contribution in [0.5, 0.6) is 0 Å². The molecule has 1 saturated heterocycles. The first kappa shape index (κ1) is 14.9. The lowest BCUT2D eigenvalue weighted by atomic mass is 9.88. The Morgan fingerprint density at radius 3 is 2.82 bits per heavy atom. The molecule has 1 atom stereocenters. The first-order chi connectivity index (χ1) is 7.95. The molecule has 100 valence electrons. The number of nitrogens with zero attached hydrogens (tertiary/aromatic N) is 1. The number of ether oxygens (including phenoxy) is 1. The molecular weight excluding hydrogens is 232 g/mol. The summed E-state index contributed by atoms with van der Waals surface area (Å²) in [5, 5.41) is 0. The minimum absolute atomic E-state index is 0.00816. The molecule has 0 amide bonds. The van der Waals surface area contributed by atoms with Gasteiger partial charge in [-0.15, -0.1) is 0 Å². The number of rotatable bonds is 6. The van der Waals surface area contributed by atoms with Crippen molar-refractivity contribution < 1.29 is 4.74 Å². The summed E-state index contributed by atoms with van der Waals surface area (Å²) in [6.07, 6.45) is 5.09. The molecule has 1 aliphatic heterocycles. The standard InChI is InChI=1S/C13H26N2OS/c1-13(2,12(14)17)7-5-9-15-8-4-6-11(10-15)16-3/h11H,4-10H2,1-3H3,(H2,14,17). The summed E-state index contributed by atoms with van der Waals surface area (Å²) in [6, 6.07) is 0. The molecule has 1 heterocycles. The highest BCUT2D eigenvalue weighted by Crippen LogP contribution is 2.23. The number of likely N-dealkylation sites (tertiary alicyclic amines) is 1. The van der Waals surface area contributed by atoms with Gasteiger partial charge in [0.15, 0.2) is 0 Å². The van der Waals surface area contributed by atoms with Crippen LogP contribution in [0.25, 0.3) is 0 Å². The van der Waals surface area contributed by atoms with Crippen LogP contribution in [-0.4, -0.2) is 42.7 Å². The Bertz CT molecular complexity index is 256. The SMILES string of the molecule is COC1CCCN(CCCC(C)(C)C(N)=S)C1. The molecular formula is C13H26N2OS. The summed E-state index contributed by atoms with van der Waals surface area (Å²) in [4.78, 5) is 3.12. The molecule has 1 rings (SSSR count). The van der Waals surface area contributed by atoms with Gasteiger partial charge in [-0.2, -0.15) is 0 Å². The highest BCUT2D eigenvalue weighted by Gasteiger charge is 2.23. The van der Waals surface area contributed by atoms with Gasteiger partial charge in [-0.25, -0.2) is 0 Å².